The molecule has 0 aliphatic carbocycles. The number of unbranched alkanes of at least 4 members (excludes halogenated alkanes) is 2. The van der Waals surface area contributed by atoms with E-state index in [0.29, 0.717) is 18.4 Å². The van der Waals surface area contributed by atoms with E-state index in [9.17, 15) is 19.8 Å². The predicted molar refractivity (Wildman–Crippen MR) is 84.3 cm³/mol. The minimum atomic E-state index is -1.28. The molecule has 0 amide bonds. The molecule has 0 aliphatic rings. The molecule has 2 atom stereocenters. The second kappa shape index (κ2) is 8.85. The summed E-state index contributed by atoms with van der Waals surface area (Å²) in [5, 5.41) is 19.5. The standard InChI is InChI=1S/C17H30O4/c1-6-8-10-13(5)17(16(20)21,11-9-7-2)14(12(3)4)15(18)19/h13H,6-11H2,1-5H3,(H,18,19)(H,20,21). The third-order valence-corrected chi connectivity index (χ3v) is 4.30. The minimum Gasteiger partial charge on any atom is -0.481 e. The molecule has 0 aliphatic heterocycles. The monoisotopic (exact) mass is 298 g/mol. The van der Waals surface area contributed by atoms with Gasteiger partial charge in [-0.1, -0.05) is 52.0 Å². The minimum absolute atomic E-state index is 0.0760. The maximum absolute atomic E-state index is 12.1. The van der Waals surface area contributed by atoms with Gasteiger partial charge in [0.25, 0.3) is 0 Å². The Morgan fingerprint density at radius 1 is 1.05 bits per heavy atom. The lowest BCUT2D eigenvalue weighted by atomic mass is 9.64. The fourth-order valence-electron chi connectivity index (χ4n) is 3.11. The summed E-state index contributed by atoms with van der Waals surface area (Å²) in [4.78, 5) is 23.8. The Labute approximate surface area is 128 Å². The highest BCUT2D eigenvalue weighted by molar-refractivity contribution is 5.97. The van der Waals surface area contributed by atoms with Crippen molar-refractivity contribution in [3.63, 3.8) is 0 Å². The summed E-state index contributed by atoms with van der Waals surface area (Å²) in [5.41, 5.74) is -0.619. The van der Waals surface area contributed by atoms with Crippen LogP contribution in [-0.4, -0.2) is 22.2 Å². The lowest BCUT2D eigenvalue weighted by Gasteiger charge is -2.37. The van der Waals surface area contributed by atoms with Gasteiger partial charge in [0.05, 0.1) is 5.57 Å². The number of aliphatic carboxylic acids is 2. The zero-order chi connectivity index (χ0) is 16.6. The van der Waals surface area contributed by atoms with E-state index in [1.165, 1.54) is 0 Å². The molecule has 0 heterocycles. The van der Waals surface area contributed by atoms with Crippen molar-refractivity contribution >= 4 is 11.9 Å². The maximum atomic E-state index is 12.1. The van der Waals surface area contributed by atoms with Gasteiger partial charge >= 0.3 is 11.9 Å². The van der Waals surface area contributed by atoms with E-state index in [4.69, 9.17) is 0 Å². The van der Waals surface area contributed by atoms with E-state index in [2.05, 4.69) is 6.92 Å². The van der Waals surface area contributed by atoms with Crippen LogP contribution < -0.4 is 0 Å². The number of carbonyl (C=O) groups is 2. The third-order valence-electron chi connectivity index (χ3n) is 4.30. The Bertz CT molecular complexity index is 394. The highest BCUT2D eigenvalue weighted by Crippen LogP contribution is 2.45. The van der Waals surface area contributed by atoms with Gasteiger partial charge in [-0.05, 0) is 32.6 Å². The van der Waals surface area contributed by atoms with Crippen LogP contribution in [0.1, 0.15) is 73.1 Å². The molecule has 21 heavy (non-hydrogen) atoms. The molecule has 0 rings (SSSR count). The van der Waals surface area contributed by atoms with Crippen LogP contribution in [0, 0.1) is 11.3 Å². The van der Waals surface area contributed by atoms with Crippen LogP contribution in [0.2, 0.25) is 0 Å². The quantitative estimate of drug-likeness (QED) is 0.582. The predicted octanol–water partition coefficient (Wildman–Crippen LogP) is 4.49. The van der Waals surface area contributed by atoms with Gasteiger partial charge in [-0.25, -0.2) is 4.79 Å². The van der Waals surface area contributed by atoms with Crippen LogP contribution in [0.15, 0.2) is 11.1 Å². The van der Waals surface area contributed by atoms with Gasteiger partial charge in [-0.15, -0.1) is 0 Å². The maximum Gasteiger partial charge on any atom is 0.332 e. The SMILES string of the molecule is CCCCC(C)C(CCCC)(C(=O)O)C(C(=O)O)=C(C)C. The molecule has 0 radical (unpaired) electrons. The highest BCUT2D eigenvalue weighted by Gasteiger charge is 2.49. The molecule has 0 aromatic heterocycles. The third kappa shape index (κ3) is 4.58. The first-order valence-electron chi connectivity index (χ1n) is 7.90. The fraction of sp³-hybridized carbons (Fsp3) is 0.765. The molecule has 2 N–H and O–H groups in total. The number of carboxylic acid groups (broad SMARTS) is 2. The molecule has 122 valence electrons. The van der Waals surface area contributed by atoms with Gasteiger partial charge in [-0.2, -0.15) is 0 Å². The number of rotatable bonds is 10. The molecule has 0 bridgehead atoms. The number of allylic oxidation sites excluding steroid dienone is 1. The van der Waals surface area contributed by atoms with Gasteiger partial charge in [0.1, 0.15) is 5.41 Å². The molecule has 0 saturated carbocycles. The number of hydrogen-bond acceptors (Lipinski definition) is 2. The van der Waals surface area contributed by atoms with Gasteiger partial charge < -0.3 is 10.2 Å². The van der Waals surface area contributed by atoms with Crippen molar-refractivity contribution in [3.05, 3.63) is 11.1 Å². The molecular formula is C17H30O4. The summed E-state index contributed by atoms with van der Waals surface area (Å²) in [7, 11) is 0. The van der Waals surface area contributed by atoms with Crippen molar-refractivity contribution in [1.29, 1.82) is 0 Å². The molecular weight excluding hydrogens is 268 g/mol. The number of hydrogen-bond donors (Lipinski definition) is 2. The zero-order valence-electron chi connectivity index (χ0n) is 14.0. The summed E-state index contributed by atoms with van der Waals surface area (Å²) >= 11 is 0. The highest BCUT2D eigenvalue weighted by atomic mass is 16.4. The summed E-state index contributed by atoms with van der Waals surface area (Å²) in [6, 6.07) is 0. The summed E-state index contributed by atoms with van der Waals surface area (Å²) in [6.07, 6.45) is 4.58. The average Bonchev–Trinajstić information content (AvgIpc) is 2.39. The van der Waals surface area contributed by atoms with E-state index in [1.807, 2.05) is 13.8 Å². The van der Waals surface area contributed by atoms with E-state index >= 15 is 0 Å². The van der Waals surface area contributed by atoms with Crippen molar-refractivity contribution in [1.82, 2.24) is 0 Å². The molecule has 0 fully saturated rings. The zero-order valence-corrected chi connectivity index (χ0v) is 14.0. The Balaban J connectivity index is 5.96. The first-order chi connectivity index (χ1) is 9.75. The van der Waals surface area contributed by atoms with Gasteiger partial charge in [-0.3, -0.25) is 4.79 Å². The van der Waals surface area contributed by atoms with Crippen LogP contribution >= 0.6 is 0 Å². The van der Waals surface area contributed by atoms with Crippen molar-refractivity contribution < 1.29 is 19.8 Å². The Hall–Kier alpha value is -1.32. The Kier molecular flexibility index (Phi) is 8.30. The molecule has 2 unspecified atom stereocenters. The van der Waals surface area contributed by atoms with E-state index in [1.54, 1.807) is 13.8 Å². The second-order valence-electron chi connectivity index (χ2n) is 6.10. The van der Waals surface area contributed by atoms with Crippen LogP contribution in [-0.2, 0) is 9.59 Å². The molecule has 0 aromatic carbocycles. The first-order valence-corrected chi connectivity index (χ1v) is 7.90. The van der Waals surface area contributed by atoms with Crippen LogP contribution in [0.25, 0.3) is 0 Å². The van der Waals surface area contributed by atoms with Gasteiger partial charge in [0, 0.05) is 0 Å². The lowest BCUT2D eigenvalue weighted by molar-refractivity contribution is -0.154. The van der Waals surface area contributed by atoms with Gasteiger partial charge in [0.15, 0.2) is 0 Å². The van der Waals surface area contributed by atoms with Gasteiger partial charge in [0.2, 0.25) is 0 Å². The van der Waals surface area contributed by atoms with E-state index in [0.717, 1.165) is 25.7 Å². The number of carboxylic acids is 2. The smallest absolute Gasteiger partial charge is 0.332 e. The lowest BCUT2D eigenvalue weighted by Crippen LogP contribution is -2.42. The van der Waals surface area contributed by atoms with Crippen molar-refractivity contribution in [2.75, 3.05) is 0 Å². The van der Waals surface area contributed by atoms with E-state index < -0.39 is 17.4 Å². The largest absolute Gasteiger partial charge is 0.481 e. The van der Waals surface area contributed by atoms with Crippen molar-refractivity contribution in [3.8, 4) is 0 Å². The molecule has 0 spiro atoms. The van der Waals surface area contributed by atoms with Crippen molar-refractivity contribution in [2.24, 2.45) is 11.3 Å². The summed E-state index contributed by atoms with van der Waals surface area (Å²) in [5.74, 6) is -2.29. The van der Waals surface area contributed by atoms with Crippen LogP contribution in [0.3, 0.4) is 0 Å². The molecule has 4 nitrogen and oxygen atoms in total. The summed E-state index contributed by atoms with van der Waals surface area (Å²) in [6.45, 7) is 9.32. The average molecular weight is 298 g/mol. The molecule has 0 saturated heterocycles. The molecule has 4 heteroatoms. The fourth-order valence-corrected chi connectivity index (χ4v) is 3.11. The van der Waals surface area contributed by atoms with Crippen LogP contribution in [0.5, 0.6) is 0 Å². The van der Waals surface area contributed by atoms with Crippen molar-refractivity contribution in [2.45, 2.75) is 73.1 Å². The van der Waals surface area contributed by atoms with E-state index in [-0.39, 0.29) is 11.5 Å². The topological polar surface area (TPSA) is 74.6 Å². The van der Waals surface area contributed by atoms with Crippen LogP contribution in [0.4, 0.5) is 0 Å². The normalized spacial score (nSPS) is 15.1. The Morgan fingerprint density at radius 3 is 1.90 bits per heavy atom. The summed E-state index contributed by atoms with van der Waals surface area (Å²) < 4.78 is 0. The molecule has 0 aromatic rings. The second-order valence-corrected chi connectivity index (χ2v) is 6.10. The first kappa shape index (κ1) is 19.7. The Morgan fingerprint density at radius 2 is 1.57 bits per heavy atom.